The Balaban J connectivity index is 2.08. The maximum Gasteiger partial charge on any atom is 0.0955 e. The van der Waals surface area contributed by atoms with E-state index in [0.29, 0.717) is 5.92 Å². The number of pyridine rings is 1. The summed E-state index contributed by atoms with van der Waals surface area (Å²) in [6.07, 6.45) is 10.2. The van der Waals surface area contributed by atoms with Gasteiger partial charge in [0.15, 0.2) is 0 Å². The van der Waals surface area contributed by atoms with Gasteiger partial charge in [-0.1, -0.05) is 19.9 Å². The minimum atomic E-state index is 0.556. The molecule has 0 atom stereocenters. The maximum absolute atomic E-state index is 4.80. The van der Waals surface area contributed by atoms with Gasteiger partial charge in [0.1, 0.15) is 0 Å². The summed E-state index contributed by atoms with van der Waals surface area (Å²) in [7, 11) is 4.20. The summed E-state index contributed by atoms with van der Waals surface area (Å²) in [6.45, 7) is 10.7. The lowest BCUT2D eigenvalue weighted by atomic mass is 9.96. The lowest BCUT2D eigenvalue weighted by Crippen LogP contribution is -2.40. The number of nitrogens with zero attached hydrogens (tertiary/aromatic N) is 4. The Bertz CT molecular complexity index is 979. The molecule has 0 saturated carbocycles. The van der Waals surface area contributed by atoms with Crippen molar-refractivity contribution in [2.45, 2.75) is 46.5 Å². The van der Waals surface area contributed by atoms with Gasteiger partial charge in [0.2, 0.25) is 0 Å². The van der Waals surface area contributed by atoms with Gasteiger partial charge in [-0.3, -0.25) is 4.98 Å². The molecule has 1 N–H and O–H groups in total. The molecule has 0 unspecified atom stereocenters. The van der Waals surface area contributed by atoms with Gasteiger partial charge in [0, 0.05) is 44.5 Å². The van der Waals surface area contributed by atoms with Crippen molar-refractivity contribution in [3.8, 4) is 0 Å². The topological polar surface area (TPSA) is 46.0 Å². The Morgan fingerprint density at radius 3 is 2.64 bits per heavy atom. The molecule has 2 aromatic heterocycles. The number of hydrogen-bond acceptors (Lipinski definition) is 4. The second-order valence-electron chi connectivity index (χ2n) is 7.58. The molecule has 0 amide bonds. The van der Waals surface area contributed by atoms with Crippen LogP contribution in [-0.2, 0) is 13.5 Å². The van der Waals surface area contributed by atoms with Crippen molar-refractivity contribution in [2.75, 3.05) is 25.0 Å². The van der Waals surface area contributed by atoms with Gasteiger partial charge in [0.05, 0.1) is 28.9 Å². The third-order valence-corrected chi connectivity index (χ3v) is 5.82. The molecule has 1 fully saturated rings. The fraction of sp³-hybridized carbons (Fsp3) is 0.478. The molecule has 0 radical (unpaired) electrons. The number of nitrogens with one attached hydrogen (secondary N) is 1. The van der Waals surface area contributed by atoms with Crippen LogP contribution >= 0.6 is 0 Å². The smallest absolute Gasteiger partial charge is 0.0955 e. The number of anilines is 1. The largest absolute Gasteiger partial charge is 0.343 e. The van der Waals surface area contributed by atoms with Crippen LogP contribution in [0.15, 0.2) is 29.9 Å². The molecule has 5 nitrogen and oxygen atoms in total. The summed E-state index contributed by atoms with van der Waals surface area (Å²) >= 11 is 0. The van der Waals surface area contributed by atoms with Crippen LogP contribution in [0.25, 0.3) is 12.2 Å². The summed E-state index contributed by atoms with van der Waals surface area (Å²) in [5.74, 6) is 0.556. The predicted octanol–water partition coefficient (Wildman–Crippen LogP) is 2.47. The highest BCUT2D eigenvalue weighted by Crippen LogP contribution is 2.28. The van der Waals surface area contributed by atoms with Crippen molar-refractivity contribution in [2.24, 2.45) is 7.05 Å². The third-order valence-electron chi connectivity index (χ3n) is 5.82. The zero-order valence-electron chi connectivity index (χ0n) is 18.1. The van der Waals surface area contributed by atoms with E-state index in [2.05, 4.69) is 72.0 Å². The highest BCUT2D eigenvalue weighted by Gasteiger charge is 2.22. The molecule has 28 heavy (non-hydrogen) atoms. The Hall–Kier alpha value is -2.40. The van der Waals surface area contributed by atoms with Crippen LogP contribution in [0.4, 0.5) is 5.69 Å². The molecule has 0 aliphatic carbocycles. The molecule has 1 aliphatic rings. The van der Waals surface area contributed by atoms with Crippen LogP contribution in [0.2, 0.25) is 0 Å². The first-order chi connectivity index (χ1) is 13.5. The molecule has 0 bridgehead atoms. The standard InChI is InChI=1S/C23H33N5/c1-7-16(4)21(11-22-19(9-3)26-15-27(22)5)28(6)23-14-25-20(10-17(23)8-2)18-12-24-13-18/h9-11,14-15,18,24H,7-8,12-13H2,1-6H3. The third kappa shape index (κ3) is 3.90. The minimum absolute atomic E-state index is 0.556. The first kappa shape index (κ1) is 20.3. The highest BCUT2D eigenvalue weighted by molar-refractivity contribution is 5.65. The molecular formula is C23H33N5. The van der Waals surface area contributed by atoms with Crippen LogP contribution in [0, 0.1) is 0 Å². The number of imidazole rings is 1. The Kier molecular flexibility index (Phi) is 6.35. The van der Waals surface area contributed by atoms with E-state index in [1.165, 1.54) is 28.2 Å². The number of aromatic nitrogens is 3. The van der Waals surface area contributed by atoms with Crippen LogP contribution < -0.4 is 20.9 Å². The van der Waals surface area contributed by atoms with E-state index in [1.54, 1.807) is 0 Å². The molecule has 3 heterocycles. The number of hydrogen-bond donors (Lipinski definition) is 1. The molecule has 150 valence electrons. The van der Waals surface area contributed by atoms with E-state index in [1.807, 2.05) is 20.3 Å². The van der Waals surface area contributed by atoms with Gasteiger partial charge in [-0.25, -0.2) is 4.98 Å². The molecule has 1 saturated heterocycles. The molecule has 2 aromatic rings. The van der Waals surface area contributed by atoms with Crippen molar-refractivity contribution >= 4 is 17.8 Å². The van der Waals surface area contributed by atoms with Crippen molar-refractivity contribution in [1.29, 1.82) is 0 Å². The number of rotatable bonds is 6. The van der Waals surface area contributed by atoms with Crippen LogP contribution in [0.3, 0.4) is 0 Å². The van der Waals surface area contributed by atoms with E-state index in [-0.39, 0.29) is 0 Å². The number of allylic oxidation sites excluding steroid dienone is 2. The zero-order chi connectivity index (χ0) is 20.3. The summed E-state index contributed by atoms with van der Waals surface area (Å²) in [5, 5.41) is 5.48. The quantitative estimate of drug-likeness (QED) is 0.838. The second kappa shape index (κ2) is 8.74. The SMILES string of the molecule is CC=c1ncn(C)c1=CC(=C(C)CC)N(C)c1cnc(C2CNC2)cc1CC. The van der Waals surface area contributed by atoms with Crippen LogP contribution in [0.1, 0.15) is 51.3 Å². The van der Waals surface area contributed by atoms with Gasteiger partial charge in [-0.05, 0) is 50.0 Å². The van der Waals surface area contributed by atoms with Crippen LogP contribution in [0.5, 0.6) is 0 Å². The average molecular weight is 380 g/mol. The zero-order valence-corrected chi connectivity index (χ0v) is 18.1. The maximum atomic E-state index is 4.80. The molecule has 1 aliphatic heterocycles. The van der Waals surface area contributed by atoms with Crippen molar-refractivity contribution in [3.05, 3.63) is 51.8 Å². The first-order valence-electron chi connectivity index (χ1n) is 10.3. The van der Waals surface area contributed by atoms with Gasteiger partial charge in [-0.2, -0.15) is 0 Å². The lowest BCUT2D eigenvalue weighted by molar-refractivity contribution is 0.439. The summed E-state index contributed by atoms with van der Waals surface area (Å²) in [6, 6.07) is 2.30. The molecular weight excluding hydrogens is 346 g/mol. The molecule has 0 spiro atoms. The first-order valence-corrected chi connectivity index (χ1v) is 10.3. The van der Waals surface area contributed by atoms with Gasteiger partial charge in [-0.15, -0.1) is 0 Å². The van der Waals surface area contributed by atoms with E-state index in [0.717, 1.165) is 36.6 Å². The van der Waals surface area contributed by atoms with E-state index >= 15 is 0 Å². The highest BCUT2D eigenvalue weighted by atomic mass is 15.1. The van der Waals surface area contributed by atoms with Gasteiger partial charge in [0.25, 0.3) is 0 Å². The fourth-order valence-corrected chi connectivity index (χ4v) is 3.62. The van der Waals surface area contributed by atoms with Crippen molar-refractivity contribution in [1.82, 2.24) is 19.9 Å². The van der Waals surface area contributed by atoms with E-state index < -0.39 is 0 Å². The fourth-order valence-electron chi connectivity index (χ4n) is 3.62. The molecule has 0 aromatic carbocycles. The molecule has 3 rings (SSSR count). The lowest BCUT2D eigenvalue weighted by Gasteiger charge is -2.29. The van der Waals surface area contributed by atoms with E-state index in [9.17, 15) is 0 Å². The summed E-state index contributed by atoms with van der Waals surface area (Å²) < 4.78 is 2.08. The monoisotopic (exact) mass is 379 g/mol. The number of aryl methyl sites for hydroxylation is 2. The second-order valence-corrected chi connectivity index (χ2v) is 7.58. The molecule has 5 heteroatoms. The summed E-state index contributed by atoms with van der Waals surface area (Å²) in [4.78, 5) is 11.6. The minimum Gasteiger partial charge on any atom is -0.343 e. The Labute approximate surface area is 168 Å². The van der Waals surface area contributed by atoms with Crippen molar-refractivity contribution < 1.29 is 0 Å². The predicted molar refractivity (Wildman–Crippen MR) is 118 cm³/mol. The normalized spacial score (nSPS) is 16.9. The van der Waals surface area contributed by atoms with Gasteiger partial charge < -0.3 is 14.8 Å². The Morgan fingerprint density at radius 2 is 2.07 bits per heavy atom. The van der Waals surface area contributed by atoms with Gasteiger partial charge >= 0.3 is 0 Å². The van der Waals surface area contributed by atoms with E-state index in [4.69, 9.17) is 4.98 Å². The summed E-state index contributed by atoms with van der Waals surface area (Å²) in [5.41, 5.74) is 6.30. The average Bonchev–Trinajstić information content (AvgIpc) is 3.03. The van der Waals surface area contributed by atoms with Crippen molar-refractivity contribution in [3.63, 3.8) is 0 Å². The van der Waals surface area contributed by atoms with Crippen LogP contribution in [-0.4, -0.2) is 34.7 Å². The Morgan fingerprint density at radius 1 is 1.32 bits per heavy atom.